The third-order valence-electron chi connectivity index (χ3n) is 1.19. The summed E-state index contributed by atoms with van der Waals surface area (Å²) in [6.45, 7) is 3.15. The third kappa shape index (κ3) is 7.46. The van der Waals surface area contributed by atoms with Gasteiger partial charge in [0.1, 0.15) is 0 Å². The van der Waals surface area contributed by atoms with Crippen molar-refractivity contribution >= 4 is 29.7 Å². The molecule has 0 aromatic rings. The molecule has 0 aliphatic heterocycles. The number of amides is 1. The topological polar surface area (TPSA) is 95.9 Å². The molecule has 8 heteroatoms. The molecule has 0 saturated carbocycles. The van der Waals surface area contributed by atoms with E-state index in [1.807, 2.05) is 0 Å². The number of halogens is 1. The molecular formula is C6H13BrNO5P. The Morgan fingerprint density at radius 1 is 1.57 bits per heavy atom. The quantitative estimate of drug-likeness (QED) is 0.386. The molecule has 0 heterocycles. The van der Waals surface area contributed by atoms with E-state index in [0.29, 0.717) is 0 Å². The van der Waals surface area contributed by atoms with Gasteiger partial charge in [0.05, 0.1) is 10.9 Å². The average Bonchev–Trinajstić information content (AvgIpc) is 1.93. The Balaban J connectivity index is 3.67. The van der Waals surface area contributed by atoms with Crippen LogP contribution in [0.25, 0.3) is 0 Å². The van der Waals surface area contributed by atoms with Crippen LogP contribution in [-0.4, -0.2) is 33.2 Å². The lowest BCUT2D eigenvalue weighted by molar-refractivity contribution is -0.122. The fourth-order valence-electron chi connectivity index (χ4n) is 0.539. The molecule has 0 radical (unpaired) electrons. The van der Waals surface area contributed by atoms with Gasteiger partial charge in [-0.05, 0) is 13.8 Å². The Morgan fingerprint density at radius 2 is 2.07 bits per heavy atom. The van der Waals surface area contributed by atoms with Crippen LogP contribution in [0.15, 0.2) is 0 Å². The third-order valence-corrected chi connectivity index (χ3v) is 2.07. The van der Waals surface area contributed by atoms with Crippen LogP contribution in [0.4, 0.5) is 0 Å². The first-order chi connectivity index (χ1) is 6.13. The van der Waals surface area contributed by atoms with Gasteiger partial charge in [-0.2, -0.15) is 0 Å². The molecule has 14 heavy (non-hydrogen) atoms. The summed E-state index contributed by atoms with van der Waals surface area (Å²) in [6.07, 6.45) is 0. The highest BCUT2D eigenvalue weighted by molar-refractivity contribution is 9.10. The Labute approximate surface area is 90.4 Å². The molecule has 0 aromatic carbocycles. The van der Waals surface area contributed by atoms with Crippen LogP contribution >= 0.6 is 23.8 Å². The zero-order valence-electron chi connectivity index (χ0n) is 7.86. The number of nitrogens with one attached hydrogen (secondary N) is 1. The van der Waals surface area contributed by atoms with Gasteiger partial charge in [0.2, 0.25) is 5.91 Å². The Hall–Kier alpha value is 0.0600. The molecule has 6 nitrogen and oxygen atoms in total. The maximum atomic E-state index is 11.2. The van der Waals surface area contributed by atoms with Gasteiger partial charge in [0.25, 0.3) is 0 Å². The van der Waals surface area contributed by atoms with Crippen molar-refractivity contribution in [2.24, 2.45) is 0 Å². The fourth-order valence-corrected chi connectivity index (χ4v) is 1.01. The summed E-state index contributed by atoms with van der Waals surface area (Å²) in [5.74, 6) is -0.271. The molecule has 0 unspecified atom stereocenters. The number of phosphoric acid groups is 1. The van der Waals surface area contributed by atoms with E-state index in [2.05, 4.69) is 25.8 Å². The number of hydrogen-bond donors (Lipinski definition) is 3. The molecule has 0 aromatic heterocycles. The van der Waals surface area contributed by atoms with Gasteiger partial charge < -0.3 is 15.1 Å². The van der Waals surface area contributed by atoms with Crippen molar-refractivity contribution < 1.29 is 23.7 Å². The van der Waals surface area contributed by atoms with Gasteiger partial charge in [0, 0.05) is 6.54 Å². The van der Waals surface area contributed by atoms with Gasteiger partial charge in [-0.3, -0.25) is 9.32 Å². The second kappa shape index (κ2) is 5.23. The maximum Gasteiger partial charge on any atom is 0.469 e. The first-order valence-electron chi connectivity index (χ1n) is 3.80. The Morgan fingerprint density at radius 3 is 2.43 bits per heavy atom. The number of hydrogen-bond acceptors (Lipinski definition) is 3. The van der Waals surface area contributed by atoms with Gasteiger partial charge >= 0.3 is 7.82 Å². The van der Waals surface area contributed by atoms with Crippen molar-refractivity contribution in [1.82, 2.24) is 5.32 Å². The predicted molar refractivity (Wildman–Crippen MR) is 54.0 cm³/mol. The van der Waals surface area contributed by atoms with Crippen LogP contribution in [0.3, 0.4) is 0 Å². The van der Waals surface area contributed by atoms with Crippen molar-refractivity contribution in [3.63, 3.8) is 0 Å². The molecule has 3 N–H and O–H groups in total. The van der Waals surface area contributed by atoms with Crippen LogP contribution in [-0.2, 0) is 13.9 Å². The van der Waals surface area contributed by atoms with Crippen LogP contribution in [0.1, 0.15) is 13.8 Å². The number of alkyl halides is 1. The molecule has 0 saturated heterocycles. The van der Waals surface area contributed by atoms with E-state index in [1.54, 1.807) is 13.8 Å². The normalized spacial score (nSPS) is 12.6. The van der Waals surface area contributed by atoms with E-state index < -0.39 is 12.1 Å². The van der Waals surface area contributed by atoms with Crippen LogP contribution in [0, 0.1) is 0 Å². The highest BCUT2D eigenvalue weighted by Crippen LogP contribution is 2.35. The number of phosphoric ester groups is 1. The average molecular weight is 290 g/mol. The van der Waals surface area contributed by atoms with Crippen molar-refractivity contribution in [3.05, 3.63) is 0 Å². The Bertz CT molecular complexity index is 245. The van der Waals surface area contributed by atoms with Gasteiger partial charge in [-0.1, -0.05) is 15.9 Å². The molecule has 1 amide bonds. The zero-order valence-corrected chi connectivity index (χ0v) is 10.3. The van der Waals surface area contributed by atoms with Crippen molar-refractivity contribution in [1.29, 1.82) is 0 Å². The highest BCUT2D eigenvalue weighted by atomic mass is 79.9. The predicted octanol–water partition coefficient (Wildman–Crippen LogP) is 0.385. The van der Waals surface area contributed by atoms with Crippen molar-refractivity contribution in [3.8, 4) is 0 Å². The lowest BCUT2D eigenvalue weighted by Crippen LogP contribution is -2.39. The second-order valence-electron chi connectivity index (χ2n) is 3.05. The van der Waals surface area contributed by atoms with Gasteiger partial charge in [-0.25, -0.2) is 4.57 Å². The first-order valence-corrected chi connectivity index (χ1v) is 6.12. The monoisotopic (exact) mass is 289 g/mol. The number of carbonyl (C=O) groups excluding carboxylic acids is 1. The molecular weight excluding hydrogens is 277 g/mol. The highest BCUT2D eigenvalue weighted by Gasteiger charge is 2.23. The van der Waals surface area contributed by atoms with Crippen molar-refractivity contribution in [2.75, 3.05) is 13.2 Å². The van der Waals surface area contributed by atoms with Crippen LogP contribution in [0.5, 0.6) is 0 Å². The largest absolute Gasteiger partial charge is 0.469 e. The van der Waals surface area contributed by atoms with Crippen LogP contribution in [0.2, 0.25) is 0 Å². The van der Waals surface area contributed by atoms with Gasteiger partial charge in [-0.15, -0.1) is 0 Å². The smallest absolute Gasteiger partial charge is 0.353 e. The molecule has 0 fully saturated rings. The lowest BCUT2D eigenvalue weighted by atomic mass is 10.2. The SMILES string of the molecule is CC(C)(Br)C(=O)NCCOP(=O)(O)O. The summed E-state index contributed by atoms with van der Waals surface area (Å²) < 4.78 is 13.7. The Kier molecular flexibility index (Phi) is 5.25. The van der Waals surface area contributed by atoms with E-state index in [0.717, 1.165) is 0 Å². The first kappa shape index (κ1) is 14.1. The summed E-state index contributed by atoms with van der Waals surface area (Å²) in [6, 6.07) is 0. The van der Waals surface area contributed by atoms with Crippen LogP contribution < -0.4 is 5.32 Å². The molecule has 0 aliphatic rings. The van der Waals surface area contributed by atoms with E-state index in [9.17, 15) is 9.36 Å². The van der Waals surface area contributed by atoms with E-state index in [-0.39, 0.29) is 19.1 Å². The summed E-state index contributed by atoms with van der Waals surface area (Å²) in [7, 11) is -4.43. The lowest BCUT2D eigenvalue weighted by Gasteiger charge is -2.15. The number of carbonyl (C=O) groups is 1. The molecule has 84 valence electrons. The summed E-state index contributed by atoms with van der Waals surface area (Å²) in [5.41, 5.74) is 0. The minimum absolute atomic E-state index is 0.0545. The van der Waals surface area contributed by atoms with Crippen molar-refractivity contribution in [2.45, 2.75) is 18.2 Å². The summed E-state index contributed by atoms with van der Waals surface area (Å²) in [5, 5.41) is 2.44. The standard InChI is InChI=1S/C6H13BrNO5P/c1-6(2,7)5(9)8-3-4-13-14(10,11)12/h3-4H2,1-2H3,(H,8,9)(H2,10,11,12). The van der Waals surface area contributed by atoms with Gasteiger partial charge in [0.15, 0.2) is 0 Å². The minimum Gasteiger partial charge on any atom is -0.353 e. The minimum atomic E-state index is -4.43. The molecule has 0 spiro atoms. The molecule has 0 bridgehead atoms. The van der Waals surface area contributed by atoms with E-state index in [1.165, 1.54) is 0 Å². The molecule has 0 atom stereocenters. The summed E-state index contributed by atoms with van der Waals surface area (Å²) >= 11 is 3.13. The zero-order chi connectivity index (χ0) is 11.4. The molecule has 0 rings (SSSR count). The number of rotatable bonds is 5. The molecule has 0 aliphatic carbocycles. The maximum absolute atomic E-state index is 11.2. The fraction of sp³-hybridized carbons (Fsp3) is 0.833. The second-order valence-corrected chi connectivity index (χ2v) is 6.27. The summed E-state index contributed by atoms with van der Waals surface area (Å²) in [4.78, 5) is 27.8. The van der Waals surface area contributed by atoms with E-state index in [4.69, 9.17) is 9.79 Å². The van der Waals surface area contributed by atoms with E-state index >= 15 is 0 Å².